The molecule has 0 aromatic heterocycles. The second-order valence-corrected chi connectivity index (χ2v) is 9.62. The molecule has 1 heterocycles. The van der Waals surface area contributed by atoms with Crippen LogP contribution in [0.5, 0.6) is 0 Å². The maximum absolute atomic E-state index is 12.2. The zero-order chi connectivity index (χ0) is 14.7. The summed E-state index contributed by atoms with van der Waals surface area (Å²) in [5, 5.41) is 3.17. The highest BCUT2D eigenvalue weighted by atomic mass is 32.2. The number of nitrogens with zero attached hydrogens (tertiary/aromatic N) is 1. The molecule has 1 atom stereocenters. The third-order valence-electron chi connectivity index (χ3n) is 3.10. The highest BCUT2D eigenvalue weighted by Gasteiger charge is 2.35. The van der Waals surface area contributed by atoms with Gasteiger partial charge in [0.1, 0.15) is 0 Å². The van der Waals surface area contributed by atoms with Crippen LogP contribution in [0.4, 0.5) is 0 Å². The Morgan fingerprint density at radius 2 is 2.00 bits per heavy atom. The maximum Gasteiger partial charge on any atom is 0.214 e. The minimum atomic E-state index is -3.35. The van der Waals surface area contributed by atoms with Crippen molar-refractivity contribution in [3.8, 4) is 0 Å². The largest absolute Gasteiger partial charge is 0.314 e. The van der Waals surface area contributed by atoms with Crippen LogP contribution in [0.1, 0.15) is 27.2 Å². The molecule has 1 N–H and O–H groups in total. The highest BCUT2D eigenvalue weighted by molar-refractivity contribution is 7.92. The van der Waals surface area contributed by atoms with Crippen molar-refractivity contribution >= 4 is 19.9 Å². The minimum Gasteiger partial charge on any atom is -0.314 e. The average Bonchev–Trinajstić information content (AvgIpc) is 2.22. The van der Waals surface area contributed by atoms with Gasteiger partial charge in [-0.3, -0.25) is 0 Å². The molecule has 114 valence electrons. The monoisotopic (exact) mass is 312 g/mol. The molecule has 0 saturated carbocycles. The number of hydrogen-bond acceptors (Lipinski definition) is 5. The van der Waals surface area contributed by atoms with Crippen molar-refractivity contribution in [3.63, 3.8) is 0 Å². The predicted molar refractivity (Wildman–Crippen MR) is 76.4 cm³/mol. The van der Waals surface area contributed by atoms with Crippen molar-refractivity contribution in [2.24, 2.45) is 0 Å². The SMILES string of the molecule is CC(C)NCCCS(=O)(=O)N1CCS(=O)(=O)CC1C. The lowest BCUT2D eigenvalue weighted by atomic mass is 10.4. The van der Waals surface area contributed by atoms with E-state index in [4.69, 9.17) is 0 Å². The van der Waals surface area contributed by atoms with E-state index < -0.39 is 25.9 Å². The van der Waals surface area contributed by atoms with Crippen LogP contribution in [0.15, 0.2) is 0 Å². The Bertz CT molecular complexity index is 485. The van der Waals surface area contributed by atoms with E-state index in [2.05, 4.69) is 5.32 Å². The quantitative estimate of drug-likeness (QED) is 0.688. The fourth-order valence-electron chi connectivity index (χ4n) is 2.16. The first-order valence-electron chi connectivity index (χ1n) is 6.57. The normalized spacial score (nSPS) is 24.7. The van der Waals surface area contributed by atoms with Crippen molar-refractivity contribution in [3.05, 3.63) is 0 Å². The van der Waals surface area contributed by atoms with Gasteiger partial charge in [-0.05, 0) is 19.9 Å². The van der Waals surface area contributed by atoms with Gasteiger partial charge in [0.25, 0.3) is 0 Å². The summed E-state index contributed by atoms with van der Waals surface area (Å²) in [5.74, 6) is -0.0750. The molecule has 1 rings (SSSR count). The van der Waals surface area contributed by atoms with Crippen molar-refractivity contribution < 1.29 is 16.8 Å². The summed E-state index contributed by atoms with van der Waals surface area (Å²) in [6.07, 6.45) is 0.538. The molecule has 0 aromatic rings. The van der Waals surface area contributed by atoms with Gasteiger partial charge in [0.2, 0.25) is 10.0 Å². The average molecular weight is 312 g/mol. The summed E-state index contributed by atoms with van der Waals surface area (Å²) in [6, 6.07) is -0.122. The second kappa shape index (κ2) is 6.51. The Hall–Kier alpha value is -0.180. The van der Waals surface area contributed by atoms with E-state index in [9.17, 15) is 16.8 Å². The van der Waals surface area contributed by atoms with Crippen molar-refractivity contribution in [2.45, 2.75) is 39.3 Å². The third kappa shape index (κ3) is 5.37. The van der Waals surface area contributed by atoms with E-state index in [1.807, 2.05) is 13.8 Å². The van der Waals surface area contributed by atoms with Crippen LogP contribution in [-0.2, 0) is 19.9 Å². The molecule has 0 radical (unpaired) electrons. The van der Waals surface area contributed by atoms with E-state index in [0.717, 1.165) is 0 Å². The van der Waals surface area contributed by atoms with E-state index in [1.54, 1.807) is 6.92 Å². The molecule has 1 unspecified atom stereocenters. The van der Waals surface area contributed by atoms with E-state index in [1.165, 1.54) is 4.31 Å². The molecule has 0 aromatic carbocycles. The minimum absolute atomic E-state index is 0.0666. The Kier molecular flexibility index (Phi) is 5.78. The molecule has 19 heavy (non-hydrogen) atoms. The zero-order valence-electron chi connectivity index (χ0n) is 11.8. The fourth-order valence-corrected chi connectivity index (χ4v) is 5.66. The van der Waals surface area contributed by atoms with Gasteiger partial charge < -0.3 is 5.32 Å². The number of nitrogens with one attached hydrogen (secondary N) is 1. The first-order valence-corrected chi connectivity index (χ1v) is 10.0. The molecule has 1 aliphatic heterocycles. The zero-order valence-corrected chi connectivity index (χ0v) is 13.4. The smallest absolute Gasteiger partial charge is 0.214 e. The van der Waals surface area contributed by atoms with Crippen LogP contribution < -0.4 is 5.32 Å². The molecule has 1 aliphatic rings. The summed E-state index contributed by atoms with van der Waals surface area (Å²) in [5.41, 5.74) is 0. The number of sulfonamides is 1. The third-order valence-corrected chi connectivity index (χ3v) is 6.95. The summed E-state index contributed by atoms with van der Waals surface area (Å²) >= 11 is 0. The first-order chi connectivity index (χ1) is 8.64. The van der Waals surface area contributed by atoms with Crippen LogP contribution in [0.2, 0.25) is 0 Å². The van der Waals surface area contributed by atoms with Crippen LogP contribution in [0, 0.1) is 0 Å². The number of hydrogen-bond donors (Lipinski definition) is 1. The molecular formula is C11H24N2O4S2. The number of sulfone groups is 1. The summed E-state index contributed by atoms with van der Waals surface area (Å²) in [6.45, 7) is 6.40. The maximum atomic E-state index is 12.2. The van der Waals surface area contributed by atoms with Gasteiger partial charge in [-0.2, -0.15) is 4.31 Å². The molecule has 1 fully saturated rings. The van der Waals surface area contributed by atoms with Crippen molar-refractivity contribution in [2.75, 3.05) is 30.3 Å². The summed E-state index contributed by atoms with van der Waals surface area (Å²) in [7, 11) is -6.43. The molecule has 0 spiro atoms. The molecule has 8 heteroatoms. The lowest BCUT2D eigenvalue weighted by Crippen LogP contribution is -2.50. The Morgan fingerprint density at radius 1 is 1.37 bits per heavy atom. The first kappa shape index (κ1) is 16.9. The van der Waals surface area contributed by atoms with Gasteiger partial charge in [-0.15, -0.1) is 0 Å². The number of rotatable bonds is 6. The van der Waals surface area contributed by atoms with Crippen LogP contribution in [0.25, 0.3) is 0 Å². The lowest BCUT2D eigenvalue weighted by molar-refractivity contribution is 0.356. The molecule has 6 nitrogen and oxygen atoms in total. The van der Waals surface area contributed by atoms with E-state index in [-0.39, 0.29) is 23.8 Å². The van der Waals surface area contributed by atoms with Gasteiger partial charge in [-0.25, -0.2) is 16.8 Å². The van der Waals surface area contributed by atoms with Crippen LogP contribution in [-0.4, -0.2) is 63.6 Å². The summed E-state index contributed by atoms with van der Waals surface area (Å²) in [4.78, 5) is 0. The van der Waals surface area contributed by atoms with Crippen LogP contribution in [0.3, 0.4) is 0 Å². The van der Waals surface area contributed by atoms with Gasteiger partial charge in [0.05, 0.1) is 17.3 Å². The highest BCUT2D eigenvalue weighted by Crippen LogP contribution is 2.16. The topological polar surface area (TPSA) is 83.6 Å². The molecular weight excluding hydrogens is 288 g/mol. The van der Waals surface area contributed by atoms with Gasteiger partial charge >= 0.3 is 0 Å². The fraction of sp³-hybridized carbons (Fsp3) is 1.00. The Labute approximate surface area is 116 Å². The Balaban J connectivity index is 2.53. The molecule has 0 aliphatic carbocycles. The second-order valence-electron chi connectivity index (χ2n) is 5.35. The Morgan fingerprint density at radius 3 is 2.53 bits per heavy atom. The predicted octanol–water partition coefficient (Wildman–Crippen LogP) is -0.177. The molecule has 1 saturated heterocycles. The standard InChI is InChI=1S/C11H24N2O4S2/c1-10(2)12-5-4-7-19(16,17)13-6-8-18(14,15)9-11(13)3/h10-12H,4-9H2,1-3H3. The molecule has 0 bridgehead atoms. The van der Waals surface area contributed by atoms with E-state index >= 15 is 0 Å². The van der Waals surface area contributed by atoms with Crippen LogP contribution >= 0.6 is 0 Å². The lowest BCUT2D eigenvalue weighted by Gasteiger charge is -2.32. The summed E-state index contributed by atoms with van der Waals surface area (Å²) < 4.78 is 48.5. The van der Waals surface area contributed by atoms with Gasteiger partial charge in [-0.1, -0.05) is 13.8 Å². The van der Waals surface area contributed by atoms with Crippen molar-refractivity contribution in [1.82, 2.24) is 9.62 Å². The van der Waals surface area contributed by atoms with E-state index in [0.29, 0.717) is 19.0 Å². The molecule has 0 amide bonds. The van der Waals surface area contributed by atoms with Gasteiger partial charge in [0.15, 0.2) is 9.84 Å². The van der Waals surface area contributed by atoms with Crippen molar-refractivity contribution in [1.29, 1.82) is 0 Å². The van der Waals surface area contributed by atoms with Gasteiger partial charge in [0, 0.05) is 18.6 Å².